The van der Waals surface area contributed by atoms with E-state index in [9.17, 15) is 4.79 Å². The Morgan fingerprint density at radius 3 is 2.07 bits per heavy atom. The van der Waals surface area contributed by atoms with E-state index in [1.54, 1.807) is 31.5 Å². The lowest BCUT2D eigenvalue weighted by Gasteiger charge is -2.09. The first-order valence-corrected chi connectivity index (χ1v) is 9.17. The number of hydrogen-bond acceptors (Lipinski definition) is 4. The molecule has 4 aromatic rings. The smallest absolute Gasteiger partial charge is 0.271 e. The van der Waals surface area contributed by atoms with Gasteiger partial charge in [0.2, 0.25) is 0 Å². The molecule has 1 amide bonds. The molecular formula is C24H20N2O3. The summed E-state index contributed by atoms with van der Waals surface area (Å²) in [6.07, 6.45) is 1.70. The first-order chi connectivity index (χ1) is 14.2. The maximum Gasteiger partial charge on any atom is 0.271 e. The Morgan fingerprint density at radius 1 is 0.828 bits per heavy atom. The summed E-state index contributed by atoms with van der Waals surface area (Å²) in [6, 6.07) is 23.4. The van der Waals surface area contributed by atoms with E-state index in [0.29, 0.717) is 17.1 Å². The SMILES string of the molecule is COc1ccc(C(=O)N/N=C/c2c3ccccc3cc3ccccc23)cc1OC. The number of rotatable bonds is 5. The van der Waals surface area contributed by atoms with Gasteiger partial charge in [-0.05, 0) is 45.8 Å². The van der Waals surface area contributed by atoms with Gasteiger partial charge in [-0.2, -0.15) is 5.10 Å². The summed E-state index contributed by atoms with van der Waals surface area (Å²) >= 11 is 0. The molecule has 0 unspecified atom stereocenters. The summed E-state index contributed by atoms with van der Waals surface area (Å²) in [6.45, 7) is 0. The number of carbonyl (C=O) groups is 1. The van der Waals surface area contributed by atoms with Crippen LogP contribution in [0.4, 0.5) is 0 Å². The third-order valence-electron chi connectivity index (χ3n) is 4.82. The van der Waals surface area contributed by atoms with E-state index in [1.165, 1.54) is 7.11 Å². The lowest BCUT2D eigenvalue weighted by molar-refractivity contribution is 0.0954. The Labute approximate surface area is 168 Å². The molecule has 0 aliphatic heterocycles. The zero-order chi connectivity index (χ0) is 20.2. The molecule has 144 valence electrons. The maximum absolute atomic E-state index is 12.5. The van der Waals surface area contributed by atoms with Crippen molar-refractivity contribution in [2.24, 2.45) is 5.10 Å². The van der Waals surface area contributed by atoms with Gasteiger partial charge < -0.3 is 9.47 Å². The van der Waals surface area contributed by atoms with Gasteiger partial charge in [0.05, 0.1) is 20.4 Å². The summed E-state index contributed by atoms with van der Waals surface area (Å²) in [5.41, 5.74) is 4.00. The highest BCUT2D eigenvalue weighted by atomic mass is 16.5. The number of hydrazone groups is 1. The van der Waals surface area contributed by atoms with Gasteiger partial charge in [0.1, 0.15) is 0 Å². The van der Waals surface area contributed by atoms with Crippen LogP contribution in [0.15, 0.2) is 77.9 Å². The van der Waals surface area contributed by atoms with Crippen LogP contribution in [-0.4, -0.2) is 26.3 Å². The van der Waals surface area contributed by atoms with Crippen LogP contribution in [0.2, 0.25) is 0 Å². The Bertz CT molecular complexity index is 1180. The zero-order valence-electron chi connectivity index (χ0n) is 16.2. The zero-order valence-corrected chi connectivity index (χ0v) is 16.2. The first-order valence-electron chi connectivity index (χ1n) is 9.17. The third-order valence-corrected chi connectivity index (χ3v) is 4.82. The Balaban J connectivity index is 1.65. The maximum atomic E-state index is 12.5. The number of fused-ring (bicyclic) bond motifs is 2. The number of nitrogens with zero attached hydrogens (tertiary/aromatic N) is 1. The first kappa shape index (κ1) is 18.5. The number of ether oxygens (including phenoxy) is 2. The second-order valence-electron chi connectivity index (χ2n) is 6.50. The molecule has 29 heavy (non-hydrogen) atoms. The van der Waals surface area contributed by atoms with Crippen molar-refractivity contribution in [3.05, 3.63) is 83.9 Å². The van der Waals surface area contributed by atoms with E-state index in [-0.39, 0.29) is 5.91 Å². The predicted octanol–water partition coefficient (Wildman–Crippen LogP) is 4.77. The average molecular weight is 384 g/mol. The standard InChI is InChI=1S/C24H20N2O3/c1-28-22-12-11-18(14-23(22)29-2)24(27)26-25-15-21-19-9-5-3-7-16(19)13-17-8-4-6-10-20(17)21/h3-15H,1-2H3,(H,26,27)/b25-15+. The monoisotopic (exact) mass is 384 g/mol. The number of methoxy groups -OCH3 is 2. The van der Waals surface area contributed by atoms with Crippen molar-refractivity contribution in [2.45, 2.75) is 0 Å². The molecule has 0 saturated carbocycles. The highest BCUT2D eigenvalue weighted by Gasteiger charge is 2.10. The summed E-state index contributed by atoms with van der Waals surface area (Å²) in [5, 5.41) is 8.63. The number of carbonyl (C=O) groups excluding carboxylic acids is 1. The molecule has 4 rings (SSSR count). The van der Waals surface area contributed by atoms with Gasteiger partial charge in [-0.25, -0.2) is 5.43 Å². The van der Waals surface area contributed by atoms with Crippen molar-refractivity contribution < 1.29 is 14.3 Å². The summed E-state index contributed by atoms with van der Waals surface area (Å²) in [7, 11) is 3.08. The fourth-order valence-electron chi connectivity index (χ4n) is 3.39. The number of hydrogen-bond donors (Lipinski definition) is 1. The van der Waals surface area contributed by atoms with E-state index in [2.05, 4.69) is 40.9 Å². The Kier molecular flexibility index (Phi) is 5.12. The van der Waals surface area contributed by atoms with E-state index in [1.807, 2.05) is 24.3 Å². The van der Waals surface area contributed by atoms with Crippen LogP contribution < -0.4 is 14.9 Å². The van der Waals surface area contributed by atoms with E-state index in [4.69, 9.17) is 9.47 Å². The number of benzene rings is 4. The highest BCUT2D eigenvalue weighted by Crippen LogP contribution is 2.28. The van der Waals surface area contributed by atoms with Crippen LogP contribution in [0.3, 0.4) is 0 Å². The average Bonchev–Trinajstić information content (AvgIpc) is 2.77. The largest absolute Gasteiger partial charge is 0.493 e. The molecule has 0 radical (unpaired) electrons. The minimum atomic E-state index is -0.327. The topological polar surface area (TPSA) is 59.9 Å². The van der Waals surface area contributed by atoms with Gasteiger partial charge in [0.15, 0.2) is 11.5 Å². The van der Waals surface area contributed by atoms with Crippen molar-refractivity contribution >= 4 is 33.7 Å². The predicted molar refractivity (Wildman–Crippen MR) is 116 cm³/mol. The molecule has 1 N–H and O–H groups in total. The molecule has 0 saturated heterocycles. The van der Waals surface area contributed by atoms with Crippen molar-refractivity contribution in [3.8, 4) is 11.5 Å². The van der Waals surface area contributed by atoms with Gasteiger partial charge in [0.25, 0.3) is 5.91 Å². The molecule has 0 atom stereocenters. The fourth-order valence-corrected chi connectivity index (χ4v) is 3.39. The van der Waals surface area contributed by atoms with Crippen LogP contribution in [-0.2, 0) is 0 Å². The lowest BCUT2D eigenvalue weighted by atomic mass is 9.97. The third kappa shape index (κ3) is 3.62. The minimum absolute atomic E-state index is 0.327. The number of amides is 1. The molecule has 0 aromatic heterocycles. The van der Waals surface area contributed by atoms with Gasteiger partial charge in [-0.1, -0.05) is 48.5 Å². The van der Waals surface area contributed by atoms with Crippen LogP contribution in [0, 0.1) is 0 Å². The minimum Gasteiger partial charge on any atom is -0.493 e. The molecule has 0 heterocycles. The van der Waals surface area contributed by atoms with E-state index in [0.717, 1.165) is 27.1 Å². The summed E-state index contributed by atoms with van der Waals surface area (Å²) < 4.78 is 10.5. The molecule has 0 aliphatic rings. The molecule has 0 bridgehead atoms. The molecule has 0 spiro atoms. The van der Waals surface area contributed by atoms with Crippen molar-refractivity contribution in [1.82, 2.24) is 5.43 Å². The normalized spacial score (nSPS) is 11.1. The van der Waals surface area contributed by atoms with Gasteiger partial charge in [-0.15, -0.1) is 0 Å². The highest BCUT2D eigenvalue weighted by molar-refractivity contribution is 6.13. The molecular weight excluding hydrogens is 364 g/mol. The van der Waals surface area contributed by atoms with Crippen molar-refractivity contribution in [2.75, 3.05) is 14.2 Å². The van der Waals surface area contributed by atoms with Gasteiger partial charge in [0, 0.05) is 11.1 Å². The second kappa shape index (κ2) is 8.02. The molecule has 0 aliphatic carbocycles. The molecule has 5 nitrogen and oxygen atoms in total. The van der Waals surface area contributed by atoms with E-state index >= 15 is 0 Å². The van der Waals surface area contributed by atoms with Crippen molar-refractivity contribution in [1.29, 1.82) is 0 Å². The summed E-state index contributed by atoms with van der Waals surface area (Å²) in [5.74, 6) is 0.727. The Morgan fingerprint density at radius 2 is 1.45 bits per heavy atom. The second-order valence-corrected chi connectivity index (χ2v) is 6.50. The van der Waals surface area contributed by atoms with Crippen LogP contribution in [0.5, 0.6) is 11.5 Å². The molecule has 4 aromatic carbocycles. The lowest BCUT2D eigenvalue weighted by Crippen LogP contribution is -2.17. The quantitative estimate of drug-likeness (QED) is 0.306. The van der Waals surface area contributed by atoms with Gasteiger partial charge >= 0.3 is 0 Å². The van der Waals surface area contributed by atoms with E-state index < -0.39 is 0 Å². The summed E-state index contributed by atoms with van der Waals surface area (Å²) in [4.78, 5) is 12.5. The van der Waals surface area contributed by atoms with Crippen molar-refractivity contribution in [3.63, 3.8) is 0 Å². The fraction of sp³-hybridized carbons (Fsp3) is 0.0833. The number of nitrogens with one attached hydrogen (secondary N) is 1. The van der Waals surface area contributed by atoms with Crippen LogP contribution in [0.25, 0.3) is 21.5 Å². The molecule has 5 heteroatoms. The van der Waals surface area contributed by atoms with Crippen LogP contribution >= 0.6 is 0 Å². The van der Waals surface area contributed by atoms with Crippen LogP contribution in [0.1, 0.15) is 15.9 Å². The molecule has 0 fully saturated rings. The Hall–Kier alpha value is -3.86. The van der Waals surface area contributed by atoms with Gasteiger partial charge in [-0.3, -0.25) is 4.79 Å².